The van der Waals surface area contributed by atoms with Gasteiger partial charge in [0.2, 0.25) is 0 Å². The second-order valence-electron chi connectivity index (χ2n) is 10.2. The molecule has 3 aromatic carbocycles. The van der Waals surface area contributed by atoms with Gasteiger partial charge >= 0.3 is 245 Å². The fraction of sp³-hybridized carbons (Fsp3) is 0.267. The number of benzene rings is 3. The van der Waals surface area contributed by atoms with E-state index in [1.807, 2.05) is 78.9 Å². The van der Waals surface area contributed by atoms with Crippen LogP contribution in [0, 0.1) is 6.92 Å². The topological polar surface area (TPSA) is 109 Å². The second-order valence-corrected chi connectivity index (χ2v) is 16.1. The summed E-state index contributed by atoms with van der Waals surface area (Å²) in [5.74, 6) is 1.34. The van der Waals surface area contributed by atoms with Crippen molar-refractivity contribution in [1.29, 1.82) is 0 Å². The van der Waals surface area contributed by atoms with E-state index in [1.54, 1.807) is 6.92 Å². The molecule has 0 saturated carbocycles. The van der Waals surface area contributed by atoms with Crippen molar-refractivity contribution in [3.05, 3.63) is 128 Å². The number of para-hydroxylation sites is 2. The number of hydrogen-bond acceptors (Lipinski definition) is 7. The van der Waals surface area contributed by atoms with Crippen LogP contribution in [0.2, 0.25) is 0 Å². The Bertz CT molecular complexity index is 1700. The number of aromatic nitrogens is 2. The Kier molecular flexibility index (Phi) is 7.41. The molecule has 3 heterocycles. The van der Waals surface area contributed by atoms with Crippen LogP contribution in [-0.4, -0.2) is 50.6 Å². The quantitative estimate of drug-likeness (QED) is 0.233. The van der Waals surface area contributed by atoms with E-state index in [2.05, 4.69) is 20.6 Å². The third-order valence-corrected chi connectivity index (χ3v) is 8.56. The van der Waals surface area contributed by atoms with Gasteiger partial charge in [0, 0.05) is 0 Å². The molecule has 2 aliphatic rings. The molecule has 4 aromatic rings. The minimum absolute atomic E-state index is 0.0375. The fourth-order valence-electron chi connectivity index (χ4n) is 5.56. The van der Waals surface area contributed by atoms with E-state index in [-0.39, 0.29) is 13.0 Å². The van der Waals surface area contributed by atoms with Gasteiger partial charge in [-0.2, -0.15) is 0 Å². The van der Waals surface area contributed by atoms with Crippen LogP contribution in [0.1, 0.15) is 34.9 Å². The van der Waals surface area contributed by atoms with Crippen LogP contribution in [0.5, 0.6) is 11.5 Å². The molecule has 4 atom stereocenters. The van der Waals surface area contributed by atoms with E-state index in [1.165, 1.54) is 17.4 Å². The first-order chi connectivity index (χ1) is 19.7. The van der Waals surface area contributed by atoms with Crippen molar-refractivity contribution < 1.29 is 23.3 Å². The normalized spacial score (nSPS) is 22.3. The summed E-state index contributed by atoms with van der Waals surface area (Å²) in [6.07, 6.45) is -0.414. The van der Waals surface area contributed by atoms with Gasteiger partial charge in [-0.05, 0) is 0 Å². The maximum atomic E-state index is 12.7. The molecule has 9 nitrogen and oxygen atoms in total. The summed E-state index contributed by atoms with van der Waals surface area (Å²) < 4.78 is 39.6. The molecule has 1 aromatic heterocycles. The van der Waals surface area contributed by atoms with Crippen molar-refractivity contribution in [3.8, 4) is 11.5 Å². The molecular weight excluding hydrogens is 610 g/mol. The third-order valence-electron chi connectivity index (χ3n) is 7.36. The Balaban J connectivity index is 1.42. The first-order valence-corrected chi connectivity index (χ1v) is 17.5. The Labute approximate surface area is 244 Å². The van der Waals surface area contributed by atoms with E-state index < -0.39 is 41.3 Å². The van der Waals surface area contributed by atoms with Crippen LogP contribution in [0.15, 0.2) is 94.6 Å². The van der Waals surface area contributed by atoms with Gasteiger partial charge in [-0.25, -0.2) is 0 Å². The SMILES string of the molecule is Cc1cn([C@H]2C[C@H](OP(C)(=O)[Se])[C@@H](COC3(c4ccccc4)c4ccccc4Oc4ccccc43)O2)c(=O)[nH]c1=O. The molecule has 1 saturated heterocycles. The Hall–Kier alpha value is -3.23. The number of aromatic amines is 1. The van der Waals surface area contributed by atoms with Crippen molar-refractivity contribution >= 4 is 21.6 Å². The van der Waals surface area contributed by atoms with Gasteiger partial charge in [0.15, 0.2) is 0 Å². The molecule has 6 rings (SSSR count). The minimum atomic E-state index is -3.06. The second kappa shape index (κ2) is 10.9. The van der Waals surface area contributed by atoms with Crippen LogP contribution < -0.4 is 16.0 Å². The number of nitrogens with one attached hydrogen (secondary N) is 1. The van der Waals surface area contributed by atoms with Crippen molar-refractivity contribution in [2.24, 2.45) is 0 Å². The molecule has 1 unspecified atom stereocenters. The van der Waals surface area contributed by atoms with Gasteiger partial charge in [0.25, 0.3) is 0 Å². The molecule has 1 radical (unpaired) electrons. The van der Waals surface area contributed by atoms with E-state index in [0.717, 1.165) is 16.7 Å². The molecule has 211 valence electrons. The number of ether oxygens (including phenoxy) is 3. The molecule has 0 bridgehead atoms. The first-order valence-electron chi connectivity index (χ1n) is 13.2. The molecule has 1 fully saturated rings. The maximum absolute atomic E-state index is 12.7. The van der Waals surface area contributed by atoms with Gasteiger partial charge in [-0.1, -0.05) is 0 Å². The predicted molar refractivity (Wildman–Crippen MR) is 154 cm³/mol. The van der Waals surface area contributed by atoms with E-state index in [4.69, 9.17) is 18.7 Å². The van der Waals surface area contributed by atoms with E-state index >= 15 is 0 Å². The summed E-state index contributed by atoms with van der Waals surface area (Å²) in [5, 5.41) is 0. The van der Waals surface area contributed by atoms with Crippen molar-refractivity contribution in [2.45, 2.75) is 37.4 Å². The molecular formula is C30H28N2O7PSe. The van der Waals surface area contributed by atoms with Crippen LogP contribution in [0.4, 0.5) is 0 Å². The molecule has 11 heteroatoms. The number of rotatable bonds is 7. The number of hydrogen-bond donors (Lipinski definition) is 1. The molecule has 0 aliphatic carbocycles. The number of fused-ring (bicyclic) bond motifs is 2. The Morgan fingerprint density at radius 2 is 1.61 bits per heavy atom. The van der Waals surface area contributed by atoms with Crippen molar-refractivity contribution in [2.75, 3.05) is 13.3 Å². The average Bonchev–Trinajstić information content (AvgIpc) is 3.34. The summed E-state index contributed by atoms with van der Waals surface area (Å²) in [6.45, 7) is 3.14. The molecule has 2 aliphatic heterocycles. The summed E-state index contributed by atoms with van der Waals surface area (Å²) >= 11 is 2.62. The zero-order valence-corrected chi connectivity index (χ0v) is 25.0. The van der Waals surface area contributed by atoms with Crippen LogP contribution in [0.25, 0.3) is 0 Å². The van der Waals surface area contributed by atoms with E-state index in [9.17, 15) is 14.2 Å². The summed E-state index contributed by atoms with van der Waals surface area (Å²) in [4.78, 5) is 27.0. The number of H-pyrrole nitrogens is 1. The standard InChI is InChI=1S/C30H28N2O7PSe/c1-19-17-32(29(34)31-28(19)33)27-16-25(39-40(2,35)41)26(38-27)18-36-30(20-10-4-3-5-11-20)21-12-6-8-14-23(21)37-24-15-9-7-13-22(24)30/h3-15,17,25-27H,16,18H2,1-2H3,(H,31,33,34)/t25-,26+,27+,40?/m0/s1. The van der Waals surface area contributed by atoms with Crippen molar-refractivity contribution in [3.63, 3.8) is 0 Å². The van der Waals surface area contributed by atoms with Gasteiger partial charge in [-0.3, -0.25) is 0 Å². The van der Waals surface area contributed by atoms with Gasteiger partial charge in [0.1, 0.15) is 0 Å². The molecule has 1 N–H and O–H groups in total. The molecule has 0 amide bonds. The van der Waals surface area contributed by atoms with Gasteiger partial charge in [0.05, 0.1) is 0 Å². The van der Waals surface area contributed by atoms with Crippen molar-refractivity contribution in [1.82, 2.24) is 9.55 Å². The number of aryl methyl sites for hydroxylation is 1. The zero-order valence-electron chi connectivity index (χ0n) is 22.4. The van der Waals surface area contributed by atoms with Crippen LogP contribution >= 0.6 is 6.06 Å². The van der Waals surface area contributed by atoms with Crippen LogP contribution in [0.3, 0.4) is 0 Å². The molecule has 0 spiro atoms. The van der Waals surface area contributed by atoms with Crippen LogP contribution in [-0.2, 0) is 24.2 Å². The first kappa shape index (κ1) is 27.9. The fourth-order valence-corrected chi connectivity index (χ4v) is 6.97. The number of nitrogens with zero attached hydrogens (tertiary/aromatic N) is 1. The summed E-state index contributed by atoms with van der Waals surface area (Å²) in [7, 11) is 0. The Morgan fingerprint density at radius 1 is 1.00 bits per heavy atom. The van der Waals surface area contributed by atoms with Gasteiger partial charge < -0.3 is 0 Å². The Morgan fingerprint density at radius 3 is 2.24 bits per heavy atom. The summed E-state index contributed by atoms with van der Waals surface area (Å²) in [6, 6.07) is 22.3. The average molecular weight is 638 g/mol. The van der Waals surface area contributed by atoms with E-state index in [0.29, 0.717) is 17.1 Å². The predicted octanol–water partition coefficient (Wildman–Crippen LogP) is 4.62. The van der Waals surface area contributed by atoms with Gasteiger partial charge in [-0.15, -0.1) is 0 Å². The molecule has 41 heavy (non-hydrogen) atoms. The monoisotopic (exact) mass is 639 g/mol. The zero-order chi connectivity index (χ0) is 28.8. The summed E-state index contributed by atoms with van der Waals surface area (Å²) in [5.41, 5.74) is 0.810. The third kappa shape index (κ3) is 5.28.